The number of rotatable bonds is 17. The first-order valence-electron chi connectivity index (χ1n) is 9.75. The summed E-state index contributed by atoms with van der Waals surface area (Å²) in [5.74, 6) is -0.873. The van der Waals surface area contributed by atoms with E-state index in [9.17, 15) is 10.2 Å². The average Bonchev–Trinajstić information content (AvgIpc) is 2.50. The number of unbranched alkanes of at least 4 members (excludes halogenated alkanes) is 7. The number of ether oxygens (including phenoxy) is 1. The second-order valence-electron chi connectivity index (χ2n) is 7.07. The summed E-state index contributed by atoms with van der Waals surface area (Å²) in [6.07, 6.45) is 13.1. The van der Waals surface area contributed by atoms with E-state index in [2.05, 4.69) is 19.2 Å². The molecule has 4 nitrogen and oxygen atoms in total. The van der Waals surface area contributed by atoms with Crippen LogP contribution in [0.5, 0.6) is 0 Å². The van der Waals surface area contributed by atoms with E-state index in [0.29, 0.717) is 13.2 Å². The van der Waals surface area contributed by atoms with Crippen LogP contribution in [0.1, 0.15) is 91.4 Å². The smallest absolute Gasteiger partial charge is 0.222 e. The Morgan fingerprint density at radius 1 is 0.833 bits per heavy atom. The highest BCUT2D eigenvalue weighted by Crippen LogP contribution is 2.12. The van der Waals surface area contributed by atoms with Gasteiger partial charge in [0.2, 0.25) is 5.91 Å². The maximum Gasteiger partial charge on any atom is 0.222 e. The highest BCUT2D eigenvalue weighted by atomic mass is 35.5. The van der Waals surface area contributed by atoms with Crippen molar-refractivity contribution in [1.29, 1.82) is 0 Å². The Hall–Kier alpha value is 0.130. The van der Waals surface area contributed by atoms with Crippen LogP contribution >= 0.6 is 12.4 Å². The quantitative estimate of drug-likeness (QED) is 0.259. The fraction of sp³-hybridized carbons (Fsp3) is 1.00. The molecule has 24 heavy (non-hydrogen) atoms. The van der Waals surface area contributed by atoms with Gasteiger partial charge in [0.1, 0.15) is 0 Å². The average molecular weight is 368 g/mol. The van der Waals surface area contributed by atoms with E-state index in [0.717, 1.165) is 25.4 Å². The summed E-state index contributed by atoms with van der Waals surface area (Å²) in [6.45, 7) is 8.41. The molecule has 0 aromatic carbocycles. The molecule has 5 heteroatoms. The van der Waals surface area contributed by atoms with Crippen LogP contribution in [0, 0.1) is 5.92 Å². The van der Waals surface area contributed by atoms with Gasteiger partial charge in [-0.1, -0.05) is 72.1 Å². The molecule has 0 fully saturated rings. The van der Waals surface area contributed by atoms with Crippen molar-refractivity contribution in [2.45, 2.75) is 97.3 Å². The second kappa shape index (κ2) is 17.9. The van der Waals surface area contributed by atoms with E-state index in [1.807, 2.05) is 0 Å². The summed E-state index contributed by atoms with van der Waals surface area (Å²) in [6, 6.07) is 0. The number of aliphatic hydroxyl groups is 2. The van der Waals surface area contributed by atoms with Crippen LogP contribution < -0.4 is 5.32 Å². The van der Waals surface area contributed by atoms with Crippen LogP contribution in [0.15, 0.2) is 0 Å². The van der Waals surface area contributed by atoms with Crippen molar-refractivity contribution in [3.8, 4) is 0 Å². The zero-order valence-electron chi connectivity index (χ0n) is 16.2. The maximum atomic E-state index is 9.34. The van der Waals surface area contributed by atoms with E-state index < -0.39 is 5.91 Å². The summed E-state index contributed by atoms with van der Waals surface area (Å²) in [5, 5.41) is 21.4. The maximum absolute atomic E-state index is 9.34. The van der Waals surface area contributed by atoms with E-state index >= 15 is 0 Å². The molecule has 0 heterocycles. The fourth-order valence-corrected chi connectivity index (χ4v) is 2.51. The van der Waals surface area contributed by atoms with Crippen molar-refractivity contribution in [1.82, 2.24) is 5.32 Å². The molecule has 0 aromatic heterocycles. The van der Waals surface area contributed by atoms with Gasteiger partial charge in [-0.3, -0.25) is 5.32 Å². The summed E-state index contributed by atoms with van der Waals surface area (Å²) in [7, 11) is 0. The van der Waals surface area contributed by atoms with Crippen molar-refractivity contribution in [3.05, 3.63) is 0 Å². The molecule has 0 aliphatic rings. The molecule has 0 saturated heterocycles. The van der Waals surface area contributed by atoms with Gasteiger partial charge in [0.25, 0.3) is 0 Å². The predicted octanol–water partition coefficient (Wildman–Crippen LogP) is 4.62. The minimum Gasteiger partial charge on any atom is -0.381 e. The molecule has 0 saturated carbocycles. The van der Waals surface area contributed by atoms with Crippen LogP contribution in [0.2, 0.25) is 0 Å². The summed E-state index contributed by atoms with van der Waals surface area (Å²) >= 11 is 0. The van der Waals surface area contributed by atoms with Crippen LogP contribution in [-0.4, -0.2) is 35.9 Å². The fourth-order valence-electron chi connectivity index (χ4n) is 2.51. The number of hydrogen-bond donors (Lipinski definition) is 3. The molecule has 0 amide bonds. The highest BCUT2D eigenvalue weighted by Gasteiger charge is 2.17. The zero-order chi connectivity index (χ0) is 17.4. The molecule has 0 spiro atoms. The van der Waals surface area contributed by atoms with Gasteiger partial charge in [-0.15, -0.1) is 12.4 Å². The third-order valence-electron chi connectivity index (χ3n) is 4.19. The van der Waals surface area contributed by atoms with Gasteiger partial charge in [-0.2, -0.15) is 0 Å². The lowest BCUT2D eigenvalue weighted by Gasteiger charge is -2.20. The number of hydrogen-bond acceptors (Lipinski definition) is 4. The number of halogens is 1. The van der Waals surface area contributed by atoms with Crippen molar-refractivity contribution in [2.75, 3.05) is 19.8 Å². The third kappa shape index (κ3) is 20.2. The monoisotopic (exact) mass is 367 g/mol. The molecule has 0 aliphatic heterocycles. The van der Waals surface area contributed by atoms with Crippen LogP contribution in [0.3, 0.4) is 0 Å². The summed E-state index contributed by atoms with van der Waals surface area (Å²) in [5.41, 5.74) is 0. The van der Waals surface area contributed by atoms with Gasteiger partial charge < -0.3 is 14.9 Å². The largest absolute Gasteiger partial charge is 0.381 e. The Labute approximate surface area is 156 Å². The Balaban J connectivity index is 0. The molecule has 0 rings (SSSR count). The van der Waals surface area contributed by atoms with Gasteiger partial charge >= 0.3 is 0 Å². The molecule has 0 aromatic rings. The van der Waals surface area contributed by atoms with Crippen molar-refractivity contribution in [3.63, 3.8) is 0 Å². The predicted molar refractivity (Wildman–Crippen MR) is 105 cm³/mol. The summed E-state index contributed by atoms with van der Waals surface area (Å²) in [4.78, 5) is 0. The van der Waals surface area contributed by atoms with E-state index in [1.54, 1.807) is 6.92 Å². The minimum absolute atomic E-state index is 0. The Morgan fingerprint density at radius 3 is 1.88 bits per heavy atom. The molecule has 0 radical (unpaired) electrons. The van der Waals surface area contributed by atoms with Gasteiger partial charge in [-0.25, -0.2) is 0 Å². The van der Waals surface area contributed by atoms with E-state index in [1.165, 1.54) is 51.4 Å². The van der Waals surface area contributed by atoms with Crippen LogP contribution in [0.4, 0.5) is 0 Å². The normalized spacial score (nSPS) is 11.8. The SMILES string of the molecule is CCC(O)(O)NCCCOCCCCCCCCCCC(C)C.Cl. The lowest BCUT2D eigenvalue weighted by molar-refractivity contribution is -0.186. The molecule has 0 aliphatic carbocycles. The molecule has 0 bridgehead atoms. The molecular weight excluding hydrogens is 326 g/mol. The highest BCUT2D eigenvalue weighted by molar-refractivity contribution is 5.85. The molecular formula is C19H42ClNO3. The molecule has 0 unspecified atom stereocenters. The topological polar surface area (TPSA) is 61.7 Å². The standard InChI is InChI=1S/C19H41NO3.ClH/c1-4-19(21,22)20-15-13-17-23-16-12-10-8-6-5-7-9-11-14-18(2)3;/h18,20-22H,4-17H2,1-3H3;1H. The lowest BCUT2D eigenvalue weighted by atomic mass is 10.0. The van der Waals surface area contributed by atoms with Gasteiger partial charge in [0, 0.05) is 26.2 Å². The first-order valence-corrected chi connectivity index (χ1v) is 9.75. The molecule has 0 atom stereocenters. The second-order valence-corrected chi connectivity index (χ2v) is 7.07. The minimum atomic E-state index is -1.73. The Bertz CT molecular complexity index is 251. The van der Waals surface area contributed by atoms with E-state index in [4.69, 9.17) is 4.74 Å². The third-order valence-corrected chi connectivity index (χ3v) is 4.19. The Morgan fingerprint density at radius 2 is 1.33 bits per heavy atom. The van der Waals surface area contributed by atoms with Crippen LogP contribution in [-0.2, 0) is 4.74 Å². The molecule has 3 N–H and O–H groups in total. The summed E-state index contributed by atoms with van der Waals surface area (Å²) < 4.78 is 5.56. The van der Waals surface area contributed by atoms with Crippen LogP contribution in [0.25, 0.3) is 0 Å². The zero-order valence-corrected chi connectivity index (χ0v) is 17.0. The lowest BCUT2D eigenvalue weighted by Crippen LogP contribution is -2.44. The first kappa shape index (κ1) is 26.4. The van der Waals surface area contributed by atoms with Crippen molar-refractivity contribution in [2.24, 2.45) is 5.92 Å². The van der Waals surface area contributed by atoms with Gasteiger partial charge in [-0.05, 0) is 18.8 Å². The first-order chi connectivity index (χ1) is 11.0. The number of nitrogens with one attached hydrogen (secondary N) is 1. The van der Waals surface area contributed by atoms with E-state index in [-0.39, 0.29) is 18.8 Å². The van der Waals surface area contributed by atoms with Gasteiger partial charge in [0.15, 0.2) is 0 Å². The van der Waals surface area contributed by atoms with Crippen molar-refractivity contribution < 1.29 is 14.9 Å². The van der Waals surface area contributed by atoms with Crippen molar-refractivity contribution >= 4 is 12.4 Å². The molecule has 148 valence electrons. The Kier molecular flexibility index (Phi) is 19.7. The van der Waals surface area contributed by atoms with Gasteiger partial charge in [0.05, 0.1) is 0 Å².